The molecule has 2 rings (SSSR count). The lowest BCUT2D eigenvalue weighted by Crippen LogP contribution is -2.29. The molecule has 1 aromatic heterocycles. The van der Waals surface area contributed by atoms with E-state index in [0.717, 1.165) is 82.1 Å². The first-order valence-corrected chi connectivity index (χ1v) is 22.9. The van der Waals surface area contributed by atoms with Crippen LogP contribution in [0.25, 0.3) is 0 Å². The SMILES string of the molecule is CCCCC[C@H](O)/C=C/[C@@H]1[C@@H](C/C=C/CCCC(=O)OC[C@H](COP(=O)(O)OCCN)OC(=O)CCCCCCCCc2oc(CCC)c(C)c2C)[C@@H](O)C[C@H]1O. The molecule has 1 aromatic rings. The molecule has 0 bridgehead atoms. The molecule has 1 saturated carbocycles. The molecular weight excluding hydrogens is 753 g/mol. The highest BCUT2D eigenvalue weighted by Gasteiger charge is 2.39. The number of carbonyl (C=O) groups excluding carboxylic acids is 2. The molecule has 1 fully saturated rings. The average Bonchev–Trinajstić information content (AvgIpc) is 3.60. The minimum absolute atomic E-state index is 0.0101. The number of furan rings is 1. The molecule has 14 heteroatoms. The van der Waals surface area contributed by atoms with Gasteiger partial charge in [-0.15, -0.1) is 0 Å². The molecule has 1 heterocycles. The first-order valence-electron chi connectivity index (χ1n) is 21.4. The largest absolute Gasteiger partial charge is 0.472 e. The number of rotatable bonds is 32. The molecule has 0 aliphatic heterocycles. The third kappa shape index (κ3) is 21.0. The molecule has 6 N–H and O–H groups in total. The van der Waals surface area contributed by atoms with Gasteiger partial charge >= 0.3 is 19.8 Å². The predicted octanol–water partition coefficient (Wildman–Crippen LogP) is 7.64. The highest BCUT2D eigenvalue weighted by Crippen LogP contribution is 2.43. The molecule has 0 aromatic carbocycles. The van der Waals surface area contributed by atoms with E-state index in [9.17, 15) is 34.4 Å². The lowest BCUT2D eigenvalue weighted by Gasteiger charge is -2.20. The van der Waals surface area contributed by atoms with Gasteiger partial charge < -0.3 is 39.8 Å². The number of phosphoric acid groups is 1. The zero-order valence-electron chi connectivity index (χ0n) is 35.1. The van der Waals surface area contributed by atoms with Crippen LogP contribution in [0.5, 0.6) is 0 Å². The molecule has 0 amide bonds. The Morgan fingerprint density at radius 3 is 2.25 bits per heavy atom. The van der Waals surface area contributed by atoms with Crippen LogP contribution in [0.1, 0.15) is 146 Å². The minimum Gasteiger partial charge on any atom is -0.466 e. The monoisotopic (exact) mass is 827 g/mol. The van der Waals surface area contributed by atoms with Crippen LogP contribution in [0.4, 0.5) is 0 Å². The summed E-state index contributed by atoms with van der Waals surface area (Å²) in [5, 5.41) is 31.3. The summed E-state index contributed by atoms with van der Waals surface area (Å²) in [5.74, 6) is 0.726. The highest BCUT2D eigenvalue weighted by atomic mass is 31.2. The predicted molar refractivity (Wildman–Crippen MR) is 220 cm³/mol. The molecule has 13 nitrogen and oxygen atoms in total. The number of nitrogens with two attached hydrogens (primary N) is 1. The van der Waals surface area contributed by atoms with Gasteiger partial charge in [0.2, 0.25) is 0 Å². The van der Waals surface area contributed by atoms with E-state index in [1.165, 1.54) is 11.1 Å². The number of aryl methyl sites for hydroxylation is 2. The maximum absolute atomic E-state index is 12.7. The summed E-state index contributed by atoms with van der Waals surface area (Å²) in [5.41, 5.74) is 7.88. The van der Waals surface area contributed by atoms with Crippen LogP contribution in [0.2, 0.25) is 0 Å². The normalized spacial score (nSPS) is 20.6. The second-order valence-electron chi connectivity index (χ2n) is 15.4. The summed E-state index contributed by atoms with van der Waals surface area (Å²) in [6.45, 7) is 7.47. The van der Waals surface area contributed by atoms with E-state index in [2.05, 4.69) is 27.7 Å². The maximum Gasteiger partial charge on any atom is 0.472 e. The van der Waals surface area contributed by atoms with Gasteiger partial charge in [-0.25, -0.2) is 4.57 Å². The van der Waals surface area contributed by atoms with Crippen molar-refractivity contribution in [1.82, 2.24) is 0 Å². The third-order valence-electron chi connectivity index (χ3n) is 10.6. The van der Waals surface area contributed by atoms with E-state index in [-0.39, 0.29) is 50.9 Å². The third-order valence-corrected chi connectivity index (χ3v) is 11.6. The van der Waals surface area contributed by atoms with Crippen molar-refractivity contribution in [3.63, 3.8) is 0 Å². The van der Waals surface area contributed by atoms with Gasteiger partial charge in [0, 0.05) is 44.6 Å². The quantitative estimate of drug-likeness (QED) is 0.0205. The van der Waals surface area contributed by atoms with Crippen molar-refractivity contribution < 1.29 is 57.3 Å². The van der Waals surface area contributed by atoms with Gasteiger partial charge in [-0.05, 0) is 75.8 Å². The Hall–Kier alpha value is -2.35. The fraction of sp³-hybridized carbons (Fsp3) is 0.767. The van der Waals surface area contributed by atoms with E-state index in [1.807, 2.05) is 18.2 Å². The Morgan fingerprint density at radius 2 is 1.54 bits per heavy atom. The molecule has 1 aliphatic rings. The lowest BCUT2D eigenvalue weighted by molar-refractivity contribution is -0.161. The second-order valence-corrected chi connectivity index (χ2v) is 16.9. The van der Waals surface area contributed by atoms with E-state index in [0.29, 0.717) is 32.1 Å². The standard InChI is InChI=1S/C43H74NO12P/c1-5-7-14-20-34(45)25-26-37-36(38(46)29-39(37)47)21-15-12-13-17-23-42(48)52-30-35(31-54-57(50,51)53-28-27-44)55-43(49)24-18-11-9-8-10-16-22-41-33(4)32(3)40(56-41)19-6-2/h12,15,25-26,34-39,45-47H,5-11,13-14,16-24,27-31,44H2,1-4H3,(H,50,51)/b15-12+,26-25+/t34-,35+,36+,37+,38-,39+/m0/s1. The Kier molecular flexibility index (Phi) is 25.8. The van der Waals surface area contributed by atoms with Gasteiger partial charge in [0.1, 0.15) is 18.1 Å². The number of hydrogen-bond acceptors (Lipinski definition) is 12. The number of unbranched alkanes of at least 4 members (excludes halogenated alkanes) is 8. The summed E-state index contributed by atoms with van der Waals surface area (Å²) < 4.78 is 38.9. The van der Waals surface area contributed by atoms with E-state index in [4.69, 9.17) is 28.7 Å². The van der Waals surface area contributed by atoms with Crippen molar-refractivity contribution in [1.29, 1.82) is 0 Å². The number of esters is 2. The van der Waals surface area contributed by atoms with Crippen LogP contribution in [0.15, 0.2) is 28.7 Å². The Bertz CT molecular complexity index is 1380. The molecule has 328 valence electrons. The Morgan fingerprint density at radius 1 is 0.860 bits per heavy atom. The van der Waals surface area contributed by atoms with Crippen molar-refractivity contribution in [2.45, 2.75) is 174 Å². The average molecular weight is 828 g/mol. The van der Waals surface area contributed by atoms with Crippen molar-refractivity contribution in [3.8, 4) is 0 Å². The van der Waals surface area contributed by atoms with Crippen molar-refractivity contribution in [2.75, 3.05) is 26.4 Å². The highest BCUT2D eigenvalue weighted by molar-refractivity contribution is 7.47. The topological polar surface area (TPSA) is 208 Å². The van der Waals surface area contributed by atoms with Crippen LogP contribution in [0.3, 0.4) is 0 Å². The van der Waals surface area contributed by atoms with Gasteiger partial charge in [-0.2, -0.15) is 0 Å². The number of carbonyl (C=O) groups is 2. The van der Waals surface area contributed by atoms with Crippen molar-refractivity contribution in [3.05, 3.63) is 47.0 Å². The fourth-order valence-corrected chi connectivity index (χ4v) is 7.85. The number of hydrogen-bond donors (Lipinski definition) is 5. The summed E-state index contributed by atoms with van der Waals surface area (Å²) in [6, 6.07) is 0. The number of aliphatic hydroxyl groups is 3. The maximum atomic E-state index is 12.7. The molecule has 1 unspecified atom stereocenters. The Labute approximate surface area is 341 Å². The van der Waals surface area contributed by atoms with Gasteiger partial charge in [0.15, 0.2) is 6.10 Å². The summed E-state index contributed by atoms with van der Waals surface area (Å²) >= 11 is 0. The van der Waals surface area contributed by atoms with E-state index < -0.39 is 50.8 Å². The molecule has 0 spiro atoms. The van der Waals surface area contributed by atoms with Crippen molar-refractivity contribution in [2.24, 2.45) is 17.6 Å². The van der Waals surface area contributed by atoms with Gasteiger partial charge in [-0.1, -0.05) is 83.1 Å². The van der Waals surface area contributed by atoms with Crippen LogP contribution in [0, 0.1) is 25.7 Å². The second kappa shape index (κ2) is 29.0. The van der Waals surface area contributed by atoms with Crippen LogP contribution in [-0.2, 0) is 45.5 Å². The molecule has 0 radical (unpaired) electrons. The van der Waals surface area contributed by atoms with E-state index >= 15 is 0 Å². The molecule has 57 heavy (non-hydrogen) atoms. The number of allylic oxidation sites excluding steroid dienone is 2. The zero-order chi connectivity index (χ0) is 42.1. The number of phosphoric ester groups is 1. The minimum atomic E-state index is -4.45. The zero-order valence-corrected chi connectivity index (χ0v) is 36.0. The Balaban J connectivity index is 1.73. The van der Waals surface area contributed by atoms with Crippen molar-refractivity contribution >= 4 is 19.8 Å². The lowest BCUT2D eigenvalue weighted by atomic mass is 9.89. The van der Waals surface area contributed by atoms with Gasteiger partial charge in [0.25, 0.3) is 0 Å². The summed E-state index contributed by atoms with van der Waals surface area (Å²) in [6.07, 6.45) is 18.9. The van der Waals surface area contributed by atoms with Gasteiger partial charge in [0.05, 0.1) is 31.5 Å². The molecule has 1 aliphatic carbocycles. The fourth-order valence-electron chi connectivity index (χ4n) is 7.09. The van der Waals surface area contributed by atoms with Crippen LogP contribution < -0.4 is 5.73 Å². The van der Waals surface area contributed by atoms with Gasteiger partial charge in [-0.3, -0.25) is 18.6 Å². The van der Waals surface area contributed by atoms with Crippen LogP contribution in [-0.4, -0.2) is 82.9 Å². The molecule has 0 saturated heterocycles. The van der Waals surface area contributed by atoms with E-state index in [1.54, 1.807) is 6.08 Å². The molecular formula is C43H74NO12P. The summed E-state index contributed by atoms with van der Waals surface area (Å²) in [7, 11) is -4.45. The number of aliphatic hydroxyl groups excluding tert-OH is 3. The van der Waals surface area contributed by atoms with Crippen LogP contribution >= 0.6 is 7.82 Å². The first kappa shape index (κ1) is 50.8. The molecule has 7 atom stereocenters. The summed E-state index contributed by atoms with van der Waals surface area (Å²) in [4.78, 5) is 35.1. The number of ether oxygens (including phenoxy) is 2. The smallest absolute Gasteiger partial charge is 0.466 e. The first-order chi connectivity index (χ1) is 27.3.